The van der Waals surface area contributed by atoms with Gasteiger partial charge < -0.3 is 14.2 Å². The second-order valence-corrected chi connectivity index (χ2v) is 5.79. The van der Waals surface area contributed by atoms with Crippen LogP contribution >= 0.6 is 0 Å². The number of esters is 1. The third kappa shape index (κ3) is 3.58. The highest BCUT2D eigenvalue weighted by Crippen LogP contribution is 2.27. The molecular formula is C21H20O4. The van der Waals surface area contributed by atoms with Crippen LogP contribution in [0.2, 0.25) is 0 Å². The lowest BCUT2D eigenvalue weighted by Crippen LogP contribution is -2.08. The molecule has 3 rings (SSSR count). The van der Waals surface area contributed by atoms with Crippen LogP contribution in [0.5, 0.6) is 11.5 Å². The van der Waals surface area contributed by atoms with Gasteiger partial charge in [0.25, 0.3) is 0 Å². The normalized spacial score (nSPS) is 10.5. The van der Waals surface area contributed by atoms with Crippen LogP contribution in [0.15, 0.2) is 54.6 Å². The third-order valence-corrected chi connectivity index (χ3v) is 4.08. The quantitative estimate of drug-likeness (QED) is 0.643. The average molecular weight is 336 g/mol. The van der Waals surface area contributed by atoms with Gasteiger partial charge in [0.1, 0.15) is 23.7 Å². The summed E-state index contributed by atoms with van der Waals surface area (Å²) in [5.41, 5.74) is 2.32. The van der Waals surface area contributed by atoms with Crippen molar-refractivity contribution in [2.75, 3.05) is 14.2 Å². The van der Waals surface area contributed by atoms with Gasteiger partial charge in [-0.2, -0.15) is 0 Å². The average Bonchev–Trinajstić information content (AvgIpc) is 2.65. The van der Waals surface area contributed by atoms with Crippen molar-refractivity contribution in [3.8, 4) is 11.5 Å². The molecule has 0 aliphatic carbocycles. The molecule has 4 heteroatoms. The van der Waals surface area contributed by atoms with Crippen molar-refractivity contribution in [1.82, 2.24) is 0 Å². The molecule has 128 valence electrons. The lowest BCUT2D eigenvalue weighted by molar-refractivity contribution is 0.0466. The van der Waals surface area contributed by atoms with E-state index in [0.29, 0.717) is 17.1 Å². The summed E-state index contributed by atoms with van der Waals surface area (Å²) in [4.78, 5) is 12.6. The molecule has 0 heterocycles. The highest BCUT2D eigenvalue weighted by molar-refractivity contribution is 5.98. The number of benzene rings is 3. The minimum absolute atomic E-state index is 0.139. The van der Waals surface area contributed by atoms with E-state index in [9.17, 15) is 4.79 Å². The van der Waals surface area contributed by atoms with Crippen molar-refractivity contribution >= 4 is 16.7 Å². The molecule has 0 fully saturated rings. The Balaban J connectivity index is 1.86. The van der Waals surface area contributed by atoms with E-state index in [4.69, 9.17) is 14.2 Å². The first-order valence-corrected chi connectivity index (χ1v) is 8.00. The molecule has 0 amide bonds. The maximum Gasteiger partial charge on any atom is 0.342 e. The van der Waals surface area contributed by atoms with Gasteiger partial charge in [-0.3, -0.25) is 0 Å². The Morgan fingerprint density at radius 1 is 0.880 bits per heavy atom. The summed E-state index contributed by atoms with van der Waals surface area (Å²) in [6, 6.07) is 17.2. The number of hydrogen-bond donors (Lipinski definition) is 0. The van der Waals surface area contributed by atoms with Crippen LogP contribution in [-0.4, -0.2) is 20.2 Å². The van der Waals surface area contributed by atoms with Gasteiger partial charge in [-0.15, -0.1) is 0 Å². The topological polar surface area (TPSA) is 44.8 Å². The molecular weight excluding hydrogens is 316 g/mol. The van der Waals surface area contributed by atoms with E-state index < -0.39 is 5.97 Å². The van der Waals surface area contributed by atoms with Gasteiger partial charge in [0.2, 0.25) is 0 Å². The van der Waals surface area contributed by atoms with E-state index in [-0.39, 0.29) is 6.61 Å². The van der Waals surface area contributed by atoms with E-state index in [1.165, 1.54) is 0 Å². The predicted octanol–water partition coefficient (Wildman–Crippen LogP) is 4.52. The number of hydrogen-bond acceptors (Lipinski definition) is 4. The van der Waals surface area contributed by atoms with Crippen LogP contribution in [0.4, 0.5) is 0 Å². The van der Waals surface area contributed by atoms with Gasteiger partial charge in [0, 0.05) is 5.56 Å². The van der Waals surface area contributed by atoms with Crippen molar-refractivity contribution in [2.45, 2.75) is 13.5 Å². The molecule has 25 heavy (non-hydrogen) atoms. The molecule has 3 aromatic rings. The highest BCUT2D eigenvalue weighted by Gasteiger charge is 2.16. The van der Waals surface area contributed by atoms with E-state index >= 15 is 0 Å². The van der Waals surface area contributed by atoms with Crippen LogP contribution in [0, 0.1) is 6.92 Å². The summed E-state index contributed by atoms with van der Waals surface area (Å²) < 4.78 is 16.2. The number of ether oxygens (including phenoxy) is 3. The fourth-order valence-electron chi connectivity index (χ4n) is 2.79. The molecule has 3 aromatic carbocycles. The molecule has 0 aromatic heterocycles. The Morgan fingerprint density at radius 3 is 2.24 bits per heavy atom. The Hall–Kier alpha value is -3.01. The smallest absolute Gasteiger partial charge is 0.342 e. The van der Waals surface area contributed by atoms with Gasteiger partial charge >= 0.3 is 5.97 Å². The van der Waals surface area contributed by atoms with Gasteiger partial charge in [-0.25, -0.2) is 4.79 Å². The monoisotopic (exact) mass is 336 g/mol. The second-order valence-electron chi connectivity index (χ2n) is 5.79. The molecule has 4 nitrogen and oxygen atoms in total. The summed E-state index contributed by atoms with van der Waals surface area (Å²) in [6.45, 7) is 2.12. The second kappa shape index (κ2) is 7.26. The molecule has 0 saturated heterocycles. The molecule has 0 saturated carbocycles. The minimum Gasteiger partial charge on any atom is -0.496 e. The van der Waals surface area contributed by atoms with Crippen LogP contribution in [0.25, 0.3) is 10.8 Å². The van der Waals surface area contributed by atoms with Crippen LogP contribution in [0.3, 0.4) is 0 Å². The number of methoxy groups -OCH3 is 2. The summed E-state index contributed by atoms with van der Waals surface area (Å²) in [5.74, 6) is 0.773. The molecule has 0 bridgehead atoms. The summed E-state index contributed by atoms with van der Waals surface area (Å²) in [7, 11) is 3.15. The van der Waals surface area contributed by atoms with Crippen molar-refractivity contribution in [3.63, 3.8) is 0 Å². The number of rotatable bonds is 5. The standard InChI is InChI=1S/C21H20O4/c1-14-8-9-19(23-2)17(10-14)13-25-21(22)18-11-15-6-4-5-7-16(15)12-20(18)24-3/h4-12H,13H2,1-3H3. The maximum absolute atomic E-state index is 12.6. The Bertz CT molecular complexity index is 915. The number of carbonyl (C=O) groups is 1. The minimum atomic E-state index is -0.425. The molecule has 0 N–H and O–H groups in total. The molecule has 0 aliphatic rings. The predicted molar refractivity (Wildman–Crippen MR) is 97.4 cm³/mol. The van der Waals surface area contributed by atoms with Crippen molar-refractivity contribution in [1.29, 1.82) is 0 Å². The van der Waals surface area contributed by atoms with E-state index in [2.05, 4.69) is 0 Å². The van der Waals surface area contributed by atoms with Gasteiger partial charge in [-0.05, 0) is 42.0 Å². The first-order valence-electron chi connectivity index (χ1n) is 8.00. The van der Waals surface area contributed by atoms with E-state index in [1.807, 2.05) is 55.5 Å². The van der Waals surface area contributed by atoms with E-state index in [0.717, 1.165) is 21.9 Å². The Morgan fingerprint density at radius 2 is 1.56 bits per heavy atom. The zero-order valence-electron chi connectivity index (χ0n) is 14.5. The largest absolute Gasteiger partial charge is 0.496 e. The molecule has 0 radical (unpaired) electrons. The van der Waals surface area contributed by atoms with Gasteiger partial charge in [-0.1, -0.05) is 35.9 Å². The SMILES string of the molecule is COc1ccc(C)cc1COC(=O)c1cc2ccccc2cc1OC. The fourth-order valence-corrected chi connectivity index (χ4v) is 2.79. The summed E-state index contributed by atoms with van der Waals surface area (Å²) >= 11 is 0. The van der Waals surface area contributed by atoms with Gasteiger partial charge in [0.05, 0.1) is 14.2 Å². The van der Waals surface area contributed by atoms with Gasteiger partial charge in [0.15, 0.2) is 0 Å². The first-order chi connectivity index (χ1) is 12.1. The summed E-state index contributed by atoms with van der Waals surface area (Å²) in [5, 5.41) is 1.97. The van der Waals surface area contributed by atoms with Crippen molar-refractivity contribution in [3.05, 3.63) is 71.3 Å². The number of carbonyl (C=O) groups excluding carboxylic acids is 1. The van der Waals surface area contributed by atoms with Crippen LogP contribution in [0.1, 0.15) is 21.5 Å². The third-order valence-electron chi connectivity index (χ3n) is 4.08. The fraction of sp³-hybridized carbons (Fsp3) is 0.190. The number of fused-ring (bicyclic) bond motifs is 1. The van der Waals surface area contributed by atoms with Crippen molar-refractivity contribution < 1.29 is 19.0 Å². The van der Waals surface area contributed by atoms with Crippen molar-refractivity contribution in [2.24, 2.45) is 0 Å². The Labute approximate surface area is 146 Å². The lowest BCUT2D eigenvalue weighted by Gasteiger charge is -2.12. The zero-order valence-corrected chi connectivity index (χ0v) is 14.5. The van der Waals surface area contributed by atoms with Crippen LogP contribution in [-0.2, 0) is 11.3 Å². The zero-order chi connectivity index (χ0) is 17.8. The number of aryl methyl sites for hydroxylation is 1. The Kier molecular flexibility index (Phi) is 4.89. The molecule has 0 unspecified atom stereocenters. The lowest BCUT2D eigenvalue weighted by atomic mass is 10.1. The molecule has 0 spiro atoms. The summed E-state index contributed by atoms with van der Waals surface area (Å²) in [6.07, 6.45) is 0. The maximum atomic E-state index is 12.6. The molecule has 0 atom stereocenters. The first kappa shape index (κ1) is 16.8. The highest BCUT2D eigenvalue weighted by atomic mass is 16.5. The van der Waals surface area contributed by atoms with Crippen LogP contribution < -0.4 is 9.47 Å². The van der Waals surface area contributed by atoms with E-state index in [1.54, 1.807) is 20.3 Å². The molecule has 0 aliphatic heterocycles.